The standard InChI is InChI=1S/C13H21N3O/c1-10-7-12(13(17-3)9-14-10)15-8-11-5-4-6-16(11)2/h7,9,11H,4-6,8H2,1-3H3,(H,14,15). The molecule has 1 aliphatic heterocycles. The summed E-state index contributed by atoms with van der Waals surface area (Å²) in [6.07, 6.45) is 4.35. The molecule has 4 heteroatoms. The Morgan fingerprint density at radius 2 is 2.41 bits per heavy atom. The molecule has 0 aromatic carbocycles. The van der Waals surface area contributed by atoms with E-state index in [0.717, 1.165) is 23.7 Å². The maximum atomic E-state index is 5.30. The van der Waals surface area contributed by atoms with Gasteiger partial charge in [-0.2, -0.15) is 0 Å². The Morgan fingerprint density at radius 1 is 1.59 bits per heavy atom. The van der Waals surface area contributed by atoms with Gasteiger partial charge < -0.3 is 15.0 Å². The van der Waals surface area contributed by atoms with E-state index in [1.54, 1.807) is 13.3 Å². The molecule has 0 amide bonds. The molecule has 2 heterocycles. The zero-order valence-corrected chi connectivity index (χ0v) is 10.9. The monoisotopic (exact) mass is 235 g/mol. The topological polar surface area (TPSA) is 37.4 Å². The Morgan fingerprint density at radius 3 is 3.06 bits per heavy atom. The summed E-state index contributed by atoms with van der Waals surface area (Å²) in [6.45, 7) is 4.17. The van der Waals surface area contributed by atoms with Gasteiger partial charge in [-0.25, -0.2) is 0 Å². The van der Waals surface area contributed by atoms with Crippen molar-refractivity contribution >= 4 is 5.69 Å². The van der Waals surface area contributed by atoms with Gasteiger partial charge in [0, 0.05) is 18.3 Å². The summed E-state index contributed by atoms with van der Waals surface area (Å²) in [4.78, 5) is 6.64. The van der Waals surface area contributed by atoms with Crippen molar-refractivity contribution in [1.29, 1.82) is 0 Å². The number of pyridine rings is 1. The van der Waals surface area contributed by atoms with Crippen LogP contribution in [0.25, 0.3) is 0 Å². The van der Waals surface area contributed by atoms with Gasteiger partial charge in [0.2, 0.25) is 0 Å². The predicted molar refractivity (Wildman–Crippen MR) is 69.7 cm³/mol. The number of likely N-dealkylation sites (tertiary alicyclic amines) is 1. The number of ether oxygens (including phenoxy) is 1. The fraction of sp³-hybridized carbons (Fsp3) is 0.615. The number of rotatable bonds is 4. The highest BCUT2D eigenvalue weighted by Crippen LogP contribution is 2.24. The maximum Gasteiger partial charge on any atom is 0.160 e. The first kappa shape index (κ1) is 12.2. The van der Waals surface area contributed by atoms with Crippen LogP contribution in [0, 0.1) is 6.92 Å². The average molecular weight is 235 g/mol. The van der Waals surface area contributed by atoms with Gasteiger partial charge in [0.1, 0.15) is 0 Å². The van der Waals surface area contributed by atoms with Gasteiger partial charge in [0.15, 0.2) is 5.75 Å². The molecule has 1 aromatic rings. The summed E-state index contributed by atoms with van der Waals surface area (Å²) in [7, 11) is 3.87. The molecule has 1 atom stereocenters. The van der Waals surface area contributed by atoms with Gasteiger partial charge in [-0.05, 0) is 39.4 Å². The van der Waals surface area contributed by atoms with E-state index in [0.29, 0.717) is 6.04 Å². The van der Waals surface area contributed by atoms with Crippen molar-refractivity contribution in [3.8, 4) is 5.75 Å². The molecule has 1 saturated heterocycles. The van der Waals surface area contributed by atoms with Crippen LogP contribution < -0.4 is 10.1 Å². The third kappa shape index (κ3) is 2.88. The number of hydrogen-bond donors (Lipinski definition) is 1. The van der Waals surface area contributed by atoms with Gasteiger partial charge in [0.05, 0.1) is 19.0 Å². The summed E-state index contributed by atoms with van der Waals surface area (Å²) in [5.41, 5.74) is 2.05. The molecule has 4 nitrogen and oxygen atoms in total. The van der Waals surface area contributed by atoms with Gasteiger partial charge in [-0.3, -0.25) is 4.98 Å². The normalized spacial score (nSPS) is 20.5. The van der Waals surface area contributed by atoms with Crippen LogP contribution >= 0.6 is 0 Å². The molecule has 1 unspecified atom stereocenters. The molecule has 0 spiro atoms. The Labute approximate surface area is 103 Å². The van der Waals surface area contributed by atoms with Crippen molar-refractivity contribution in [2.45, 2.75) is 25.8 Å². The number of methoxy groups -OCH3 is 1. The minimum atomic E-state index is 0.633. The lowest BCUT2D eigenvalue weighted by Crippen LogP contribution is -2.31. The van der Waals surface area contributed by atoms with Crippen molar-refractivity contribution < 1.29 is 4.74 Å². The molecular weight excluding hydrogens is 214 g/mol. The fourth-order valence-electron chi connectivity index (χ4n) is 2.31. The van der Waals surface area contributed by atoms with E-state index in [1.165, 1.54) is 19.4 Å². The van der Waals surface area contributed by atoms with Crippen LogP contribution in [0.5, 0.6) is 5.75 Å². The number of hydrogen-bond acceptors (Lipinski definition) is 4. The summed E-state index contributed by atoms with van der Waals surface area (Å²) in [5, 5.41) is 3.47. The number of likely N-dealkylation sites (N-methyl/N-ethyl adjacent to an activating group) is 1. The highest BCUT2D eigenvalue weighted by molar-refractivity contribution is 5.56. The highest BCUT2D eigenvalue weighted by Gasteiger charge is 2.20. The zero-order valence-electron chi connectivity index (χ0n) is 10.9. The Bertz CT molecular complexity index is 381. The molecule has 94 valence electrons. The minimum Gasteiger partial charge on any atom is -0.493 e. The first-order valence-corrected chi connectivity index (χ1v) is 6.15. The van der Waals surface area contributed by atoms with E-state index >= 15 is 0 Å². The van der Waals surface area contributed by atoms with E-state index in [1.807, 2.05) is 13.0 Å². The molecule has 1 fully saturated rings. The zero-order chi connectivity index (χ0) is 12.3. The van der Waals surface area contributed by atoms with E-state index in [2.05, 4.69) is 22.2 Å². The lowest BCUT2D eigenvalue weighted by Gasteiger charge is -2.21. The number of nitrogens with zero attached hydrogens (tertiary/aromatic N) is 2. The predicted octanol–water partition coefficient (Wildman–Crippen LogP) is 1.90. The lowest BCUT2D eigenvalue weighted by atomic mass is 10.2. The lowest BCUT2D eigenvalue weighted by molar-refractivity contribution is 0.322. The molecule has 1 aliphatic rings. The van der Waals surface area contributed by atoms with Gasteiger partial charge in [0.25, 0.3) is 0 Å². The molecule has 1 aromatic heterocycles. The number of nitrogens with one attached hydrogen (secondary N) is 1. The maximum absolute atomic E-state index is 5.30. The Hall–Kier alpha value is -1.29. The van der Waals surface area contributed by atoms with Crippen molar-refractivity contribution in [3.63, 3.8) is 0 Å². The first-order chi connectivity index (χ1) is 8.20. The second-order valence-electron chi connectivity index (χ2n) is 4.68. The SMILES string of the molecule is COc1cnc(C)cc1NCC1CCCN1C. The summed E-state index contributed by atoms with van der Waals surface area (Å²) >= 11 is 0. The molecule has 0 bridgehead atoms. The van der Waals surface area contributed by atoms with Crippen LogP contribution in [0.2, 0.25) is 0 Å². The quantitative estimate of drug-likeness (QED) is 0.865. The van der Waals surface area contributed by atoms with Crippen LogP contribution in [0.3, 0.4) is 0 Å². The summed E-state index contributed by atoms with van der Waals surface area (Å²) in [6, 6.07) is 2.67. The van der Waals surface area contributed by atoms with Gasteiger partial charge in [-0.1, -0.05) is 0 Å². The largest absolute Gasteiger partial charge is 0.493 e. The molecule has 0 aliphatic carbocycles. The molecule has 2 rings (SSSR count). The minimum absolute atomic E-state index is 0.633. The Kier molecular flexibility index (Phi) is 3.84. The van der Waals surface area contributed by atoms with Crippen molar-refractivity contribution in [2.75, 3.05) is 32.6 Å². The third-order valence-corrected chi connectivity index (χ3v) is 3.42. The van der Waals surface area contributed by atoms with Gasteiger partial charge in [-0.15, -0.1) is 0 Å². The Balaban J connectivity index is 2.00. The first-order valence-electron chi connectivity index (χ1n) is 6.15. The number of aryl methyl sites for hydroxylation is 1. The van der Waals surface area contributed by atoms with Crippen molar-refractivity contribution in [2.24, 2.45) is 0 Å². The van der Waals surface area contributed by atoms with E-state index in [-0.39, 0.29) is 0 Å². The fourth-order valence-corrected chi connectivity index (χ4v) is 2.31. The van der Waals surface area contributed by atoms with E-state index in [9.17, 15) is 0 Å². The molecule has 0 saturated carbocycles. The van der Waals surface area contributed by atoms with E-state index < -0.39 is 0 Å². The average Bonchev–Trinajstić information content (AvgIpc) is 2.72. The summed E-state index contributed by atoms with van der Waals surface area (Å²) < 4.78 is 5.30. The molecule has 1 N–H and O–H groups in total. The number of aromatic nitrogens is 1. The van der Waals surface area contributed by atoms with Crippen LogP contribution in [0.1, 0.15) is 18.5 Å². The van der Waals surface area contributed by atoms with E-state index in [4.69, 9.17) is 4.74 Å². The highest BCUT2D eigenvalue weighted by atomic mass is 16.5. The van der Waals surface area contributed by atoms with Crippen molar-refractivity contribution in [1.82, 2.24) is 9.88 Å². The second-order valence-corrected chi connectivity index (χ2v) is 4.68. The third-order valence-electron chi connectivity index (χ3n) is 3.42. The summed E-state index contributed by atoms with van der Waals surface area (Å²) in [5.74, 6) is 0.816. The van der Waals surface area contributed by atoms with Crippen LogP contribution in [-0.4, -0.2) is 43.2 Å². The molecule has 0 radical (unpaired) electrons. The number of anilines is 1. The second kappa shape index (κ2) is 5.36. The van der Waals surface area contributed by atoms with Crippen LogP contribution in [-0.2, 0) is 0 Å². The molecular formula is C13H21N3O. The van der Waals surface area contributed by atoms with Crippen LogP contribution in [0.15, 0.2) is 12.3 Å². The van der Waals surface area contributed by atoms with Crippen LogP contribution in [0.4, 0.5) is 5.69 Å². The molecule has 17 heavy (non-hydrogen) atoms. The smallest absolute Gasteiger partial charge is 0.160 e. The van der Waals surface area contributed by atoms with Gasteiger partial charge >= 0.3 is 0 Å². The van der Waals surface area contributed by atoms with Crippen molar-refractivity contribution in [3.05, 3.63) is 18.0 Å².